The second-order valence-electron chi connectivity index (χ2n) is 3.42. The number of methoxy groups -OCH3 is 1. The summed E-state index contributed by atoms with van der Waals surface area (Å²) in [5, 5.41) is 0. The molecule has 0 aromatic rings. The van der Waals surface area contributed by atoms with Crippen LogP contribution in [0.25, 0.3) is 0 Å². The molecule has 0 aromatic heterocycles. The number of hydrogen-bond acceptors (Lipinski definition) is 2. The molecule has 0 bridgehead atoms. The first-order valence-electron chi connectivity index (χ1n) is 4.80. The largest absolute Gasteiger partial charge is 0.497 e. The Morgan fingerprint density at radius 3 is 2.29 bits per heavy atom. The second kappa shape index (κ2) is 6.30. The topological polar surface area (TPSA) is 12.5 Å². The molecule has 0 aliphatic heterocycles. The van der Waals surface area contributed by atoms with E-state index in [0.717, 1.165) is 6.42 Å². The Morgan fingerprint density at radius 2 is 1.93 bits per heavy atom. The van der Waals surface area contributed by atoms with E-state index in [4.69, 9.17) is 4.74 Å². The van der Waals surface area contributed by atoms with Gasteiger partial charge in [0.05, 0.1) is 7.11 Å². The summed E-state index contributed by atoms with van der Waals surface area (Å²) < 4.78 is 5.01. The van der Waals surface area contributed by atoms with Crippen LogP contribution >= 0.6 is 0 Å². The average Bonchev–Trinajstić information content (AvgIpc) is 2.16. The van der Waals surface area contributed by atoms with Gasteiger partial charge in [-0.2, -0.15) is 0 Å². The van der Waals surface area contributed by atoms with Crippen LogP contribution in [0, 0.1) is 0 Å². The fourth-order valence-electron chi connectivity index (χ4n) is 0.909. The lowest BCUT2D eigenvalue weighted by Gasteiger charge is -2.13. The molecule has 0 aliphatic rings. The third kappa shape index (κ3) is 4.75. The SMILES string of the molecule is C=C(C=C(C=C(C)N(C)C)CC)OC. The Labute approximate surface area is 87.6 Å². The van der Waals surface area contributed by atoms with Crippen LogP contribution < -0.4 is 0 Å². The van der Waals surface area contributed by atoms with E-state index < -0.39 is 0 Å². The van der Waals surface area contributed by atoms with Crippen LogP contribution in [0.4, 0.5) is 0 Å². The zero-order valence-corrected chi connectivity index (χ0v) is 9.92. The molecule has 0 amide bonds. The number of nitrogens with zero attached hydrogens (tertiary/aromatic N) is 1. The molecule has 0 saturated heterocycles. The molecule has 0 fully saturated rings. The Bertz CT molecular complexity index is 249. The predicted molar refractivity (Wildman–Crippen MR) is 62.0 cm³/mol. The number of hydrogen-bond donors (Lipinski definition) is 0. The van der Waals surface area contributed by atoms with Crippen LogP contribution in [0.15, 0.2) is 35.8 Å². The van der Waals surface area contributed by atoms with E-state index in [1.807, 2.05) is 20.2 Å². The molecule has 0 aromatic carbocycles. The lowest BCUT2D eigenvalue weighted by atomic mass is 10.1. The van der Waals surface area contributed by atoms with Gasteiger partial charge in [0.15, 0.2) is 0 Å². The summed E-state index contributed by atoms with van der Waals surface area (Å²) in [5.74, 6) is 0.699. The second-order valence-corrected chi connectivity index (χ2v) is 3.42. The average molecular weight is 195 g/mol. The number of rotatable bonds is 5. The minimum atomic E-state index is 0.699. The normalized spacial score (nSPS) is 12.6. The van der Waals surface area contributed by atoms with Gasteiger partial charge in [-0.3, -0.25) is 0 Å². The van der Waals surface area contributed by atoms with Crippen molar-refractivity contribution in [1.29, 1.82) is 0 Å². The summed E-state index contributed by atoms with van der Waals surface area (Å²) in [5.41, 5.74) is 2.45. The standard InChI is InChI=1S/C12H21NO/c1-7-12(9-11(3)14-6)8-10(2)13(4)5/h8-9H,3,7H2,1-2,4-6H3. The molecule has 0 aliphatic carbocycles. The fraction of sp³-hybridized carbons (Fsp3) is 0.500. The van der Waals surface area contributed by atoms with E-state index in [-0.39, 0.29) is 0 Å². The van der Waals surface area contributed by atoms with Gasteiger partial charge in [-0.05, 0) is 31.1 Å². The van der Waals surface area contributed by atoms with Crippen LogP contribution in [-0.2, 0) is 4.74 Å². The van der Waals surface area contributed by atoms with Crippen molar-refractivity contribution < 1.29 is 4.74 Å². The Kier molecular flexibility index (Phi) is 5.77. The van der Waals surface area contributed by atoms with Gasteiger partial charge >= 0.3 is 0 Å². The summed E-state index contributed by atoms with van der Waals surface area (Å²) in [6.45, 7) is 7.97. The van der Waals surface area contributed by atoms with Crippen molar-refractivity contribution in [3.8, 4) is 0 Å². The molecule has 0 atom stereocenters. The first-order chi connectivity index (χ1) is 6.51. The maximum Gasteiger partial charge on any atom is 0.111 e. The van der Waals surface area contributed by atoms with Crippen molar-refractivity contribution in [2.24, 2.45) is 0 Å². The van der Waals surface area contributed by atoms with Crippen molar-refractivity contribution in [1.82, 2.24) is 4.90 Å². The van der Waals surface area contributed by atoms with Crippen molar-refractivity contribution in [2.75, 3.05) is 21.2 Å². The molecular formula is C12H21NO. The molecule has 2 nitrogen and oxygen atoms in total. The van der Waals surface area contributed by atoms with Crippen LogP contribution in [0.5, 0.6) is 0 Å². The van der Waals surface area contributed by atoms with Crippen LogP contribution in [0.3, 0.4) is 0 Å². The minimum Gasteiger partial charge on any atom is -0.497 e. The number of allylic oxidation sites excluding steroid dienone is 4. The molecule has 0 heterocycles. The lowest BCUT2D eigenvalue weighted by Crippen LogP contribution is -2.08. The lowest BCUT2D eigenvalue weighted by molar-refractivity contribution is 0.308. The van der Waals surface area contributed by atoms with E-state index in [9.17, 15) is 0 Å². The van der Waals surface area contributed by atoms with E-state index in [1.165, 1.54) is 11.3 Å². The van der Waals surface area contributed by atoms with Crippen molar-refractivity contribution in [3.63, 3.8) is 0 Å². The van der Waals surface area contributed by atoms with Gasteiger partial charge in [0.2, 0.25) is 0 Å². The van der Waals surface area contributed by atoms with Crippen LogP contribution in [0.1, 0.15) is 20.3 Å². The molecule has 0 rings (SSSR count). The van der Waals surface area contributed by atoms with Crippen molar-refractivity contribution >= 4 is 0 Å². The van der Waals surface area contributed by atoms with Gasteiger partial charge in [-0.25, -0.2) is 0 Å². The number of ether oxygens (including phenoxy) is 1. The Balaban J connectivity index is 4.66. The first-order valence-corrected chi connectivity index (χ1v) is 4.80. The van der Waals surface area contributed by atoms with E-state index in [0.29, 0.717) is 5.76 Å². The van der Waals surface area contributed by atoms with Gasteiger partial charge in [0.25, 0.3) is 0 Å². The van der Waals surface area contributed by atoms with Crippen molar-refractivity contribution in [3.05, 3.63) is 35.8 Å². The van der Waals surface area contributed by atoms with Gasteiger partial charge < -0.3 is 9.64 Å². The fourth-order valence-corrected chi connectivity index (χ4v) is 0.909. The molecule has 0 spiro atoms. The highest BCUT2D eigenvalue weighted by atomic mass is 16.5. The highest BCUT2D eigenvalue weighted by Gasteiger charge is 1.95. The molecular weight excluding hydrogens is 174 g/mol. The smallest absolute Gasteiger partial charge is 0.111 e. The summed E-state index contributed by atoms with van der Waals surface area (Å²) in [7, 11) is 5.70. The van der Waals surface area contributed by atoms with E-state index in [1.54, 1.807) is 7.11 Å². The predicted octanol–water partition coefficient (Wildman–Crippen LogP) is 2.95. The maximum atomic E-state index is 5.01. The zero-order valence-electron chi connectivity index (χ0n) is 9.92. The molecule has 0 N–H and O–H groups in total. The quantitative estimate of drug-likeness (QED) is 0.494. The molecule has 14 heavy (non-hydrogen) atoms. The molecule has 0 saturated carbocycles. The molecule has 2 heteroatoms. The Morgan fingerprint density at radius 1 is 1.36 bits per heavy atom. The van der Waals surface area contributed by atoms with Gasteiger partial charge in [0, 0.05) is 19.8 Å². The van der Waals surface area contributed by atoms with Gasteiger partial charge in [0.1, 0.15) is 5.76 Å². The van der Waals surface area contributed by atoms with Crippen molar-refractivity contribution in [2.45, 2.75) is 20.3 Å². The summed E-state index contributed by atoms with van der Waals surface area (Å²) in [6.07, 6.45) is 5.09. The van der Waals surface area contributed by atoms with E-state index >= 15 is 0 Å². The van der Waals surface area contributed by atoms with E-state index in [2.05, 4.69) is 31.4 Å². The first kappa shape index (κ1) is 12.8. The van der Waals surface area contributed by atoms with Gasteiger partial charge in [-0.1, -0.05) is 13.5 Å². The summed E-state index contributed by atoms with van der Waals surface area (Å²) >= 11 is 0. The third-order valence-electron chi connectivity index (χ3n) is 2.12. The summed E-state index contributed by atoms with van der Waals surface area (Å²) in [6, 6.07) is 0. The molecule has 0 unspecified atom stereocenters. The maximum absolute atomic E-state index is 5.01. The van der Waals surface area contributed by atoms with Gasteiger partial charge in [-0.15, -0.1) is 0 Å². The molecule has 80 valence electrons. The Hall–Kier alpha value is -1.18. The highest BCUT2D eigenvalue weighted by molar-refractivity contribution is 5.27. The minimum absolute atomic E-state index is 0.699. The molecule has 0 radical (unpaired) electrons. The monoisotopic (exact) mass is 195 g/mol. The third-order valence-corrected chi connectivity index (χ3v) is 2.12. The van der Waals surface area contributed by atoms with Crippen LogP contribution in [-0.4, -0.2) is 26.1 Å². The highest BCUT2D eigenvalue weighted by Crippen LogP contribution is 2.11. The zero-order chi connectivity index (χ0) is 11.1. The van der Waals surface area contributed by atoms with Crippen LogP contribution in [0.2, 0.25) is 0 Å². The summed E-state index contributed by atoms with van der Waals surface area (Å²) in [4.78, 5) is 2.08.